The molecule has 0 unspecified atom stereocenters. The molecule has 1 aliphatic heterocycles. The molecule has 0 aromatic rings. The van der Waals surface area contributed by atoms with Gasteiger partial charge in [-0.1, -0.05) is 0 Å². The summed E-state index contributed by atoms with van der Waals surface area (Å²) in [4.78, 5) is 11.9. The maximum atomic E-state index is 10.9. The molecule has 1 aliphatic rings. The number of carboxylic acids is 1. The van der Waals surface area contributed by atoms with E-state index in [1.54, 1.807) is 4.90 Å². The predicted octanol–water partition coefficient (Wildman–Crippen LogP) is -0.777. The molecule has 1 N–H and O–H groups in total. The zero-order valence-corrected chi connectivity index (χ0v) is 8.60. The molecule has 0 saturated carbocycles. The second-order valence-electron chi connectivity index (χ2n) is 2.82. The van der Waals surface area contributed by atoms with Gasteiger partial charge in [0.15, 0.2) is 9.84 Å². The Hall–Kier alpha value is -0.330. The van der Waals surface area contributed by atoms with E-state index in [9.17, 15) is 13.2 Å². The molecule has 0 bridgehead atoms. The molecule has 1 saturated heterocycles. The third kappa shape index (κ3) is 4.44. The van der Waals surface area contributed by atoms with E-state index in [1.165, 1.54) is 0 Å². The van der Waals surface area contributed by atoms with Crippen molar-refractivity contribution >= 4 is 28.2 Å². The van der Waals surface area contributed by atoms with Crippen LogP contribution in [0.2, 0.25) is 0 Å². The fourth-order valence-electron chi connectivity index (χ4n) is 1.10. The molecule has 7 heteroatoms. The van der Waals surface area contributed by atoms with Crippen LogP contribution in [0, 0.1) is 0 Å². The highest BCUT2D eigenvalue weighted by Gasteiger charge is 2.22. The van der Waals surface area contributed by atoms with Crippen LogP contribution in [-0.2, 0) is 14.6 Å². The van der Waals surface area contributed by atoms with Crippen molar-refractivity contribution in [2.75, 3.05) is 31.1 Å². The first kappa shape index (κ1) is 12.7. The van der Waals surface area contributed by atoms with Crippen LogP contribution in [0.4, 0.5) is 0 Å². The lowest BCUT2D eigenvalue weighted by atomic mass is 10.5. The first-order valence-corrected chi connectivity index (χ1v) is 5.46. The number of halogens is 1. The second kappa shape index (κ2) is 4.78. The van der Waals surface area contributed by atoms with Gasteiger partial charge in [-0.15, -0.1) is 12.4 Å². The number of carbonyl (C=O) groups is 1. The average molecular weight is 230 g/mol. The summed E-state index contributed by atoms with van der Waals surface area (Å²) in [6.45, 7) is 0.624. The zero-order valence-electron chi connectivity index (χ0n) is 6.97. The lowest BCUT2D eigenvalue weighted by molar-refractivity contribution is -0.138. The van der Waals surface area contributed by atoms with Gasteiger partial charge in [0.2, 0.25) is 0 Å². The molecule has 0 amide bonds. The van der Waals surface area contributed by atoms with E-state index < -0.39 is 15.8 Å². The van der Waals surface area contributed by atoms with E-state index in [-0.39, 0.29) is 30.5 Å². The summed E-state index contributed by atoms with van der Waals surface area (Å²) in [6, 6.07) is 0. The first-order chi connectivity index (χ1) is 5.49. The number of hydrogen-bond donors (Lipinski definition) is 1. The summed E-state index contributed by atoms with van der Waals surface area (Å²) < 4.78 is 21.8. The number of nitrogens with zero attached hydrogens (tertiary/aromatic N) is 1. The highest BCUT2D eigenvalue weighted by molar-refractivity contribution is 7.91. The van der Waals surface area contributed by atoms with Crippen LogP contribution >= 0.6 is 12.4 Å². The maximum Gasteiger partial charge on any atom is 0.317 e. The molecule has 0 aromatic heterocycles. The van der Waals surface area contributed by atoms with Crippen molar-refractivity contribution in [3.63, 3.8) is 0 Å². The molecule has 1 fully saturated rings. The highest BCUT2D eigenvalue weighted by Crippen LogP contribution is 2.02. The lowest BCUT2D eigenvalue weighted by Crippen LogP contribution is -2.42. The van der Waals surface area contributed by atoms with E-state index in [1.807, 2.05) is 0 Å². The fraction of sp³-hybridized carbons (Fsp3) is 0.833. The summed E-state index contributed by atoms with van der Waals surface area (Å²) in [5.41, 5.74) is 0. The van der Waals surface area contributed by atoms with Gasteiger partial charge in [-0.05, 0) is 0 Å². The van der Waals surface area contributed by atoms with Crippen LogP contribution < -0.4 is 0 Å². The third-order valence-corrected chi connectivity index (χ3v) is 3.41. The van der Waals surface area contributed by atoms with Gasteiger partial charge in [-0.3, -0.25) is 9.69 Å². The van der Waals surface area contributed by atoms with Crippen LogP contribution in [-0.4, -0.2) is 55.5 Å². The van der Waals surface area contributed by atoms with Crippen LogP contribution in [0.5, 0.6) is 0 Å². The minimum Gasteiger partial charge on any atom is -0.480 e. The second-order valence-corrected chi connectivity index (χ2v) is 5.13. The van der Waals surface area contributed by atoms with Crippen molar-refractivity contribution in [3.8, 4) is 0 Å². The van der Waals surface area contributed by atoms with Crippen molar-refractivity contribution in [3.05, 3.63) is 0 Å². The van der Waals surface area contributed by atoms with E-state index in [4.69, 9.17) is 5.11 Å². The van der Waals surface area contributed by atoms with Crippen LogP contribution in [0.15, 0.2) is 0 Å². The normalized spacial score (nSPS) is 21.8. The predicted molar refractivity (Wildman–Crippen MR) is 50.0 cm³/mol. The topological polar surface area (TPSA) is 74.7 Å². The van der Waals surface area contributed by atoms with Crippen molar-refractivity contribution in [2.45, 2.75) is 0 Å². The quantitative estimate of drug-likeness (QED) is 0.673. The minimum atomic E-state index is -2.89. The molecule has 0 atom stereocenters. The van der Waals surface area contributed by atoms with Gasteiger partial charge in [0.1, 0.15) is 0 Å². The van der Waals surface area contributed by atoms with E-state index >= 15 is 0 Å². The van der Waals surface area contributed by atoms with Crippen molar-refractivity contribution < 1.29 is 18.3 Å². The largest absolute Gasteiger partial charge is 0.480 e. The van der Waals surface area contributed by atoms with Crippen molar-refractivity contribution in [1.29, 1.82) is 0 Å². The van der Waals surface area contributed by atoms with Gasteiger partial charge in [0.25, 0.3) is 0 Å². The number of carboxylic acid groups (broad SMARTS) is 1. The van der Waals surface area contributed by atoms with E-state index in [2.05, 4.69) is 0 Å². The molecular formula is C6H12ClNO4S. The van der Waals surface area contributed by atoms with Crippen LogP contribution in [0.25, 0.3) is 0 Å². The smallest absolute Gasteiger partial charge is 0.317 e. The number of aliphatic carboxylic acids is 1. The summed E-state index contributed by atoms with van der Waals surface area (Å²) in [6.07, 6.45) is 0. The Kier molecular flexibility index (Phi) is 4.66. The Labute approximate surface area is 83.1 Å². The fourth-order valence-corrected chi connectivity index (χ4v) is 2.38. The van der Waals surface area contributed by atoms with Gasteiger partial charge in [0, 0.05) is 13.1 Å². The molecular weight excluding hydrogens is 218 g/mol. The monoisotopic (exact) mass is 229 g/mol. The van der Waals surface area contributed by atoms with Crippen molar-refractivity contribution in [1.82, 2.24) is 4.90 Å². The highest BCUT2D eigenvalue weighted by atomic mass is 35.5. The van der Waals surface area contributed by atoms with Gasteiger partial charge in [0.05, 0.1) is 18.1 Å². The molecule has 0 aliphatic carbocycles. The van der Waals surface area contributed by atoms with Crippen molar-refractivity contribution in [2.24, 2.45) is 0 Å². The molecule has 5 nitrogen and oxygen atoms in total. The Morgan fingerprint density at radius 2 is 1.77 bits per heavy atom. The third-order valence-electron chi connectivity index (χ3n) is 1.80. The van der Waals surface area contributed by atoms with E-state index in [0.29, 0.717) is 13.1 Å². The first-order valence-electron chi connectivity index (χ1n) is 3.64. The summed E-state index contributed by atoms with van der Waals surface area (Å²) >= 11 is 0. The molecule has 1 rings (SSSR count). The molecule has 0 radical (unpaired) electrons. The summed E-state index contributed by atoms with van der Waals surface area (Å²) in [7, 11) is -2.89. The van der Waals surface area contributed by atoms with Gasteiger partial charge >= 0.3 is 5.97 Å². The molecule has 13 heavy (non-hydrogen) atoms. The average Bonchev–Trinajstić information content (AvgIpc) is 1.93. The number of hydrogen-bond acceptors (Lipinski definition) is 4. The van der Waals surface area contributed by atoms with Gasteiger partial charge in [-0.25, -0.2) is 8.42 Å². The lowest BCUT2D eigenvalue weighted by Gasteiger charge is -2.24. The minimum absolute atomic E-state index is 0. The SMILES string of the molecule is Cl.O=C(O)CN1CCS(=O)(=O)CC1. The molecule has 78 valence electrons. The summed E-state index contributed by atoms with van der Waals surface area (Å²) in [5, 5.41) is 8.40. The van der Waals surface area contributed by atoms with Crippen LogP contribution in [0.3, 0.4) is 0 Å². The van der Waals surface area contributed by atoms with E-state index in [0.717, 1.165) is 0 Å². The summed E-state index contributed by atoms with van der Waals surface area (Å²) in [5.74, 6) is -0.741. The molecule has 0 aromatic carbocycles. The molecule has 0 spiro atoms. The number of rotatable bonds is 2. The Morgan fingerprint density at radius 3 is 2.15 bits per heavy atom. The zero-order chi connectivity index (χ0) is 9.19. The Morgan fingerprint density at radius 1 is 1.31 bits per heavy atom. The molecule has 1 heterocycles. The van der Waals surface area contributed by atoms with Gasteiger partial charge in [-0.2, -0.15) is 0 Å². The maximum absolute atomic E-state index is 10.9. The number of sulfone groups is 1. The Balaban J connectivity index is 0.00000144. The van der Waals surface area contributed by atoms with Crippen LogP contribution in [0.1, 0.15) is 0 Å². The Bertz CT molecular complexity index is 262. The standard InChI is InChI=1S/C6H11NO4S.ClH/c8-6(9)5-7-1-3-12(10,11)4-2-7;/h1-5H2,(H,8,9);1H. The van der Waals surface area contributed by atoms with Gasteiger partial charge < -0.3 is 5.11 Å².